The fourth-order valence-electron chi connectivity index (χ4n) is 5.10. The smallest absolute Gasteiger partial charge is 0.321 e. The van der Waals surface area contributed by atoms with Crippen molar-refractivity contribution in [3.8, 4) is 17.3 Å². The molecule has 15 heteroatoms. The van der Waals surface area contributed by atoms with Gasteiger partial charge in [0.05, 0.1) is 10.6 Å². The van der Waals surface area contributed by atoms with Crippen molar-refractivity contribution in [2.45, 2.75) is 30.3 Å². The van der Waals surface area contributed by atoms with E-state index in [4.69, 9.17) is 4.84 Å². The molecule has 0 bridgehead atoms. The average Bonchev–Trinajstić information content (AvgIpc) is 3.29. The van der Waals surface area contributed by atoms with Crippen LogP contribution in [0, 0.1) is 16.7 Å². The predicted octanol–water partition coefficient (Wildman–Crippen LogP) is 4.57. The number of nitrogens with one attached hydrogen (secondary N) is 1. The fourth-order valence-corrected chi connectivity index (χ4v) is 6.44. The molecule has 1 saturated heterocycles. The molecule has 1 N–H and O–H groups in total. The first-order chi connectivity index (χ1) is 19.5. The van der Waals surface area contributed by atoms with Crippen LogP contribution in [0.25, 0.3) is 22.3 Å². The zero-order valence-corrected chi connectivity index (χ0v) is 21.9. The van der Waals surface area contributed by atoms with E-state index in [2.05, 4.69) is 20.4 Å². The summed E-state index contributed by atoms with van der Waals surface area (Å²) < 4.78 is 70.0. The lowest BCUT2D eigenvalue weighted by atomic mass is 9.64. The Labute approximate surface area is 231 Å². The van der Waals surface area contributed by atoms with Crippen LogP contribution < -0.4 is 5.48 Å². The zero-order valence-electron chi connectivity index (χ0n) is 21.1. The summed E-state index contributed by atoms with van der Waals surface area (Å²) in [5.41, 5.74) is -0.234. The lowest BCUT2D eigenvalue weighted by Gasteiger charge is -2.54. The van der Waals surface area contributed by atoms with Gasteiger partial charge in [0, 0.05) is 41.8 Å². The van der Waals surface area contributed by atoms with Crippen molar-refractivity contribution in [2.75, 3.05) is 18.6 Å². The first-order valence-corrected chi connectivity index (χ1v) is 13.8. The highest BCUT2D eigenvalue weighted by Crippen LogP contribution is 2.48. The number of hydrogen-bond donors (Lipinski definition) is 1. The Hall–Kier alpha value is -4.71. The van der Waals surface area contributed by atoms with Gasteiger partial charge in [-0.25, -0.2) is 32.1 Å². The van der Waals surface area contributed by atoms with Gasteiger partial charge in [0.25, 0.3) is 16.0 Å². The number of alkyl halides is 3. The molecule has 4 heterocycles. The summed E-state index contributed by atoms with van der Waals surface area (Å²) in [5, 5.41) is 9.32. The van der Waals surface area contributed by atoms with E-state index in [0.29, 0.717) is 23.3 Å². The van der Waals surface area contributed by atoms with Crippen molar-refractivity contribution in [2.24, 2.45) is 5.41 Å². The van der Waals surface area contributed by atoms with Crippen LogP contribution in [0.3, 0.4) is 0 Å². The molecular weight excluding hydrogens is 563 g/mol. The van der Waals surface area contributed by atoms with E-state index in [1.165, 1.54) is 41.3 Å². The Bertz CT molecular complexity index is 1820. The van der Waals surface area contributed by atoms with Crippen molar-refractivity contribution >= 4 is 33.1 Å². The molecule has 11 nitrogen and oxygen atoms in total. The van der Waals surface area contributed by atoms with Gasteiger partial charge in [0.1, 0.15) is 17.3 Å². The number of fused-ring (bicyclic) bond motifs is 1. The van der Waals surface area contributed by atoms with Gasteiger partial charge in [-0.1, -0.05) is 24.6 Å². The maximum absolute atomic E-state index is 14.1. The topological polar surface area (TPSA) is 143 Å². The number of carbonyl (C=O) groups is 1. The molecule has 1 aliphatic heterocycles. The summed E-state index contributed by atoms with van der Waals surface area (Å²) in [7, 11) is -4.34. The Morgan fingerprint density at radius 3 is 2.46 bits per heavy atom. The molecule has 1 saturated carbocycles. The summed E-state index contributed by atoms with van der Waals surface area (Å²) in [5.74, 6) is -0.450. The summed E-state index contributed by atoms with van der Waals surface area (Å²) in [6, 6.07) is 11.6. The van der Waals surface area contributed by atoms with Gasteiger partial charge in [-0.05, 0) is 37.1 Å². The zero-order chi connectivity index (χ0) is 29.0. The highest BCUT2D eigenvalue weighted by Gasteiger charge is 2.49. The summed E-state index contributed by atoms with van der Waals surface area (Å²) in [6.45, 7) is 1.08. The number of halogens is 3. The minimum Gasteiger partial charge on any atom is -0.321 e. The molecule has 1 amide bonds. The van der Waals surface area contributed by atoms with Crippen molar-refractivity contribution in [3.63, 3.8) is 0 Å². The van der Waals surface area contributed by atoms with Crippen LogP contribution in [0.5, 0.6) is 0 Å². The molecule has 210 valence electrons. The van der Waals surface area contributed by atoms with E-state index in [1.807, 2.05) is 0 Å². The van der Waals surface area contributed by atoms with Crippen LogP contribution >= 0.6 is 0 Å². The standard InChI is InChI=1S/C26H20F3N7O4S/c27-26(28,29)20-12-31-23(34-40-24(37)35-14-25(15-35)9-4-10-25)33-21(20)19-13-36(22-18(19)8-7-16(11-30)32-22)41(38,39)17-5-2-1-3-6-17/h1-3,5-8,12-13H,4,9-10,14-15H2,(H,31,33,34). The third-order valence-corrected chi connectivity index (χ3v) is 9.00. The third kappa shape index (κ3) is 4.59. The van der Waals surface area contributed by atoms with E-state index < -0.39 is 39.5 Å². The monoisotopic (exact) mass is 583 g/mol. The number of nitriles is 1. The van der Waals surface area contributed by atoms with Crippen LogP contribution in [-0.2, 0) is 21.0 Å². The number of likely N-dealkylation sites (tertiary alicyclic amines) is 1. The number of anilines is 1. The molecule has 0 unspecified atom stereocenters. The maximum atomic E-state index is 14.1. The molecule has 1 aliphatic carbocycles. The van der Waals surface area contributed by atoms with E-state index in [1.54, 1.807) is 12.1 Å². The molecular formula is C26H20F3N7O4S. The number of aromatic nitrogens is 4. The minimum absolute atomic E-state index is 0.0120. The maximum Gasteiger partial charge on any atom is 0.434 e. The normalized spacial score (nSPS) is 16.1. The van der Waals surface area contributed by atoms with Crippen LogP contribution in [0.4, 0.5) is 23.9 Å². The highest BCUT2D eigenvalue weighted by atomic mass is 32.2. The van der Waals surface area contributed by atoms with Crippen molar-refractivity contribution in [1.82, 2.24) is 23.8 Å². The van der Waals surface area contributed by atoms with Gasteiger partial charge < -0.3 is 9.74 Å². The van der Waals surface area contributed by atoms with Crippen LogP contribution in [0.15, 0.2) is 59.8 Å². The van der Waals surface area contributed by atoms with Gasteiger partial charge in [-0.2, -0.15) is 23.9 Å². The van der Waals surface area contributed by atoms with E-state index in [9.17, 15) is 31.6 Å². The molecule has 2 aliphatic rings. The van der Waals surface area contributed by atoms with Crippen LogP contribution in [-0.4, -0.2) is 51.4 Å². The second-order valence-electron chi connectivity index (χ2n) is 9.97. The Morgan fingerprint density at radius 1 is 1.10 bits per heavy atom. The Balaban J connectivity index is 1.41. The molecule has 2 fully saturated rings. The van der Waals surface area contributed by atoms with Gasteiger partial charge in [0.2, 0.25) is 0 Å². The number of pyridine rings is 1. The average molecular weight is 584 g/mol. The van der Waals surface area contributed by atoms with Gasteiger partial charge in [-0.3, -0.25) is 0 Å². The van der Waals surface area contributed by atoms with Crippen molar-refractivity contribution in [3.05, 3.63) is 66.1 Å². The number of carbonyl (C=O) groups excluding carboxylic acids is 1. The molecule has 41 heavy (non-hydrogen) atoms. The van der Waals surface area contributed by atoms with Crippen LogP contribution in [0.1, 0.15) is 30.5 Å². The first-order valence-electron chi connectivity index (χ1n) is 12.4. The molecule has 6 rings (SSSR count). The van der Waals surface area contributed by atoms with Crippen LogP contribution in [0.2, 0.25) is 0 Å². The Kier molecular flexibility index (Phi) is 6.11. The second-order valence-corrected chi connectivity index (χ2v) is 11.8. The summed E-state index contributed by atoms with van der Waals surface area (Å²) in [4.78, 5) is 30.4. The SMILES string of the molecule is N#Cc1ccc2c(-c3nc(NOC(=O)N4CC5(CCC5)C4)ncc3C(F)(F)F)cn(S(=O)(=O)c3ccccc3)c2n1. The Morgan fingerprint density at radius 2 is 1.83 bits per heavy atom. The number of rotatable bonds is 5. The molecule has 3 aromatic heterocycles. The third-order valence-electron chi connectivity index (χ3n) is 7.34. The lowest BCUT2D eigenvalue weighted by molar-refractivity contribution is -0.137. The first kappa shape index (κ1) is 26.5. The van der Waals surface area contributed by atoms with Crippen molar-refractivity contribution < 1.29 is 31.2 Å². The largest absolute Gasteiger partial charge is 0.434 e. The van der Waals surface area contributed by atoms with Gasteiger partial charge >= 0.3 is 12.3 Å². The second kappa shape index (κ2) is 9.44. The van der Waals surface area contributed by atoms with Gasteiger partial charge in [-0.15, -0.1) is 0 Å². The number of benzene rings is 1. The van der Waals surface area contributed by atoms with Crippen molar-refractivity contribution in [1.29, 1.82) is 5.26 Å². The number of nitrogens with zero attached hydrogens (tertiary/aromatic N) is 6. The molecule has 4 aromatic rings. The quantitative estimate of drug-likeness (QED) is 0.334. The fraction of sp³-hybridized carbons (Fsp3) is 0.269. The lowest BCUT2D eigenvalue weighted by Crippen LogP contribution is -2.61. The molecule has 1 spiro atoms. The predicted molar refractivity (Wildman–Crippen MR) is 137 cm³/mol. The number of hydrogen-bond acceptors (Lipinski definition) is 9. The van der Waals surface area contributed by atoms with Gasteiger partial charge in [0.15, 0.2) is 5.65 Å². The van der Waals surface area contributed by atoms with E-state index in [0.717, 1.165) is 25.5 Å². The highest BCUT2D eigenvalue weighted by molar-refractivity contribution is 7.90. The molecule has 1 aromatic carbocycles. The summed E-state index contributed by atoms with van der Waals surface area (Å²) in [6.07, 6.45) is -0.983. The summed E-state index contributed by atoms with van der Waals surface area (Å²) >= 11 is 0. The van der Waals surface area contributed by atoms with E-state index >= 15 is 0 Å². The minimum atomic E-state index is -4.92. The molecule has 0 atom stereocenters. The van der Waals surface area contributed by atoms with E-state index in [-0.39, 0.29) is 32.6 Å². The molecule has 0 radical (unpaired) electrons. The number of amides is 1.